The van der Waals surface area contributed by atoms with E-state index in [9.17, 15) is 4.79 Å². The van der Waals surface area contributed by atoms with Crippen LogP contribution in [-0.4, -0.2) is 17.9 Å². The van der Waals surface area contributed by atoms with Crippen molar-refractivity contribution in [3.63, 3.8) is 0 Å². The van der Waals surface area contributed by atoms with Gasteiger partial charge in [0.05, 0.1) is 11.6 Å². The molecule has 0 aliphatic heterocycles. The second kappa shape index (κ2) is 6.31. The number of anilines is 1. The molecule has 0 bridgehead atoms. The van der Waals surface area contributed by atoms with Crippen molar-refractivity contribution in [2.24, 2.45) is 0 Å². The Morgan fingerprint density at radius 2 is 1.81 bits per heavy atom. The van der Waals surface area contributed by atoms with Crippen LogP contribution in [0.4, 0.5) is 5.69 Å². The lowest BCUT2D eigenvalue weighted by Crippen LogP contribution is -2.30. The number of carbonyl (C=O) groups is 1. The van der Waals surface area contributed by atoms with Gasteiger partial charge in [0.15, 0.2) is 0 Å². The first-order valence-corrected chi connectivity index (χ1v) is 7.58. The highest BCUT2D eigenvalue weighted by atomic mass is 79.9. The van der Waals surface area contributed by atoms with Crippen LogP contribution in [0.15, 0.2) is 46.9 Å². The van der Waals surface area contributed by atoms with Crippen LogP contribution in [0.3, 0.4) is 0 Å². The summed E-state index contributed by atoms with van der Waals surface area (Å²) in [5.74, 6) is -0.0816. The summed E-state index contributed by atoms with van der Waals surface area (Å²) in [4.78, 5) is 14.3. The molecule has 4 heteroatoms. The molecule has 0 saturated heterocycles. The zero-order valence-electron chi connectivity index (χ0n) is 12.4. The SMILES string of the molecule is Cc1ccc(C(C)N(C)C(=O)c2cc(Br)ccc2N)cc1. The van der Waals surface area contributed by atoms with Crippen molar-refractivity contribution in [1.29, 1.82) is 0 Å². The van der Waals surface area contributed by atoms with Gasteiger partial charge >= 0.3 is 0 Å². The van der Waals surface area contributed by atoms with E-state index in [-0.39, 0.29) is 11.9 Å². The Morgan fingerprint density at radius 3 is 2.43 bits per heavy atom. The molecule has 0 heterocycles. The van der Waals surface area contributed by atoms with E-state index in [0.29, 0.717) is 11.3 Å². The molecule has 0 aromatic heterocycles. The molecule has 0 aliphatic rings. The number of benzene rings is 2. The van der Waals surface area contributed by atoms with E-state index in [2.05, 4.69) is 28.1 Å². The number of nitrogens with zero attached hydrogens (tertiary/aromatic N) is 1. The van der Waals surface area contributed by atoms with Gasteiger partial charge in [-0.2, -0.15) is 0 Å². The van der Waals surface area contributed by atoms with Crippen LogP contribution in [0, 0.1) is 6.92 Å². The fourth-order valence-corrected chi connectivity index (χ4v) is 2.51. The van der Waals surface area contributed by atoms with Gasteiger partial charge in [-0.25, -0.2) is 0 Å². The molecule has 3 nitrogen and oxygen atoms in total. The fourth-order valence-electron chi connectivity index (χ4n) is 2.15. The van der Waals surface area contributed by atoms with Gasteiger partial charge < -0.3 is 10.6 Å². The monoisotopic (exact) mass is 346 g/mol. The Bertz CT molecular complexity index is 652. The summed E-state index contributed by atoms with van der Waals surface area (Å²) in [5, 5.41) is 0. The highest BCUT2D eigenvalue weighted by Gasteiger charge is 2.20. The lowest BCUT2D eigenvalue weighted by atomic mass is 10.0. The number of aryl methyl sites for hydroxylation is 1. The van der Waals surface area contributed by atoms with E-state index >= 15 is 0 Å². The quantitative estimate of drug-likeness (QED) is 0.847. The van der Waals surface area contributed by atoms with Crippen molar-refractivity contribution in [1.82, 2.24) is 4.90 Å². The molecule has 110 valence electrons. The molecule has 2 rings (SSSR count). The number of rotatable bonds is 3. The predicted molar refractivity (Wildman–Crippen MR) is 90.2 cm³/mol. The first kappa shape index (κ1) is 15.6. The Labute approximate surface area is 133 Å². The molecule has 21 heavy (non-hydrogen) atoms. The van der Waals surface area contributed by atoms with Gasteiger partial charge in [0.25, 0.3) is 5.91 Å². The van der Waals surface area contributed by atoms with Crippen molar-refractivity contribution < 1.29 is 4.79 Å². The maximum atomic E-state index is 12.6. The maximum Gasteiger partial charge on any atom is 0.256 e. The first-order chi connectivity index (χ1) is 9.90. The largest absolute Gasteiger partial charge is 0.398 e. The fraction of sp³-hybridized carbons (Fsp3) is 0.235. The zero-order chi connectivity index (χ0) is 15.6. The number of hydrogen-bond acceptors (Lipinski definition) is 2. The van der Waals surface area contributed by atoms with Crippen molar-refractivity contribution in [3.8, 4) is 0 Å². The normalized spacial score (nSPS) is 12.0. The van der Waals surface area contributed by atoms with Crippen molar-refractivity contribution in [2.45, 2.75) is 19.9 Å². The van der Waals surface area contributed by atoms with E-state index in [1.807, 2.05) is 32.0 Å². The Morgan fingerprint density at radius 1 is 1.19 bits per heavy atom. The van der Waals surface area contributed by atoms with Crippen LogP contribution in [0.25, 0.3) is 0 Å². The molecule has 2 aromatic carbocycles. The minimum atomic E-state index is -0.0816. The Kier molecular flexibility index (Phi) is 4.68. The summed E-state index contributed by atoms with van der Waals surface area (Å²) in [7, 11) is 1.80. The van der Waals surface area contributed by atoms with Crippen LogP contribution in [0.1, 0.15) is 34.5 Å². The number of nitrogen functional groups attached to an aromatic ring is 1. The zero-order valence-corrected chi connectivity index (χ0v) is 14.0. The molecule has 0 fully saturated rings. The second-order valence-electron chi connectivity index (χ2n) is 5.23. The molecule has 2 aromatic rings. The van der Waals surface area contributed by atoms with E-state index in [1.54, 1.807) is 24.1 Å². The molecular weight excluding hydrogens is 328 g/mol. The summed E-state index contributed by atoms with van der Waals surface area (Å²) < 4.78 is 0.844. The molecule has 1 unspecified atom stereocenters. The van der Waals surface area contributed by atoms with Crippen LogP contribution in [0.5, 0.6) is 0 Å². The third kappa shape index (κ3) is 3.45. The minimum Gasteiger partial charge on any atom is -0.398 e. The lowest BCUT2D eigenvalue weighted by Gasteiger charge is -2.26. The first-order valence-electron chi connectivity index (χ1n) is 6.79. The Balaban J connectivity index is 2.26. The van der Waals surface area contributed by atoms with Gasteiger partial charge in [-0.1, -0.05) is 45.8 Å². The summed E-state index contributed by atoms with van der Waals surface area (Å²) in [5.41, 5.74) is 9.24. The van der Waals surface area contributed by atoms with E-state index in [4.69, 9.17) is 5.73 Å². The van der Waals surface area contributed by atoms with Gasteiger partial charge in [-0.15, -0.1) is 0 Å². The minimum absolute atomic E-state index is 0.0171. The predicted octanol–water partition coefficient (Wildman–Crippen LogP) is 4.17. The average molecular weight is 347 g/mol. The number of nitrogens with two attached hydrogens (primary N) is 1. The standard InChI is InChI=1S/C17H19BrN2O/c1-11-4-6-13(7-5-11)12(2)20(3)17(21)15-10-14(18)8-9-16(15)19/h4-10,12H,19H2,1-3H3. The lowest BCUT2D eigenvalue weighted by molar-refractivity contribution is 0.0743. The van der Waals surface area contributed by atoms with Crippen LogP contribution in [-0.2, 0) is 0 Å². The molecule has 2 N–H and O–H groups in total. The number of carbonyl (C=O) groups excluding carboxylic acids is 1. The highest BCUT2D eigenvalue weighted by Crippen LogP contribution is 2.25. The van der Waals surface area contributed by atoms with Crippen molar-refractivity contribution in [2.75, 3.05) is 12.8 Å². The van der Waals surface area contributed by atoms with Gasteiger partial charge in [0.1, 0.15) is 0 Å². The highest BCUT2D eigenvalue weighted by molar-refractivity contribution is 9.10. The topological polar surface area (TPSA) is 46.3 Å². The Hall–Kier alpha value is -1.81. The third-order valence-electron chi connectivity index (χ3n) is 3.71. The molecule has 0 spiro atoms. The summed E-state index contributed by atoms with van der Waals surface area (Å²) in [6.45, 7) is 4.06. The molecule has 0 radical (unpaired) electrons. The van der Waals surface area contributed by atoms with Crippen molar-refractivity contribution >= 4 is 27.5 Å². The third-order valence-corrected chi connectivity index (χ3v) is 4.20. The summed E-state index contributed by atoms with van der Waals surface area (Å²) in [6.07, 6.45) is 0. The van der Waals surface area contributed by atoms with Crippen LogP contribution in [0.2, 0.25) is 0 Å². The number of amides is 1. The van der Waals surface area contributed by atoms with Gasteiger partial charge in [-0.3, -0.25) is 4.79 Å². The molecule has 1 amide bonds. The van der Waals surface area contributed by atoms with Crippen LogP contribution >= 0.6 is 15.9 Å². The molecule has 0 saturated carbocycles. The summed E-state index contributed by atoms with van der Waals surface area (Å²) >= 11 is 3.38. The van der Waals surface area contributed by atoms with E-state index in [0.717, 1.165) is 10.0 Å². The van der Waals surface area contributed by atoms with E-state index in [1.165, 1.54) is 5.56 Å². The van der Waals surface area contributed by atoms with Gasteiger partial charge in [0, 0.05) is 17.2 Å². The number of hydrogen-bond donors (Lipinski definition) is 1. The molecule has 1 atom stereocenters. The summed E-state index contributed by atoms with van der Waals surface area (Å²) in [6, 6.07) is 13.5. The average Bonchev–Trinajstić information content (AvgIpc) is 2.48. The molecular formula is C17H19BrN2O. The van der Waals surface area contributed by atoms with Crippen molar-refractivity contribution in [3.05, 3.63) is 63.6 Å². The van der Waals surface area contributed by atoms with Gasteiger partial charge in [0.2, 0.25) is 0 Å². The molecule has 0 aliphatic carbocycles. The second-order valence-corrected chi connectivity index (χ2v) is 6.15. The van der Waals surface area contributed by atoms with Crippen LogP contribution < -0.4 is 5.73 Å². The number of halogens is 1. The van der Waals surface area contributed by atoms with E-state index < -0.39 is 0 Å². The smallest absolute Gasteiger partial charge is 0.256 e. The maximum absolute atomic E-state index is 12.6. The van der Waals surface area contributed by atoms with Gasteiger partial charge in [-0.05, 0) is 37.6 Å².